The van der Waals surface area contributed by atoms with Crippen molar-refractivity contribution in [3.05, 3.63) is 34.9 Å². The Morgan fingerprint density at radius 2 is 2.11 bits per heavy atom. The monoisotopic (exact) mass is 267 g/mol. The zero-order valence-electron chi connectivity index (χ0n) is 11.4. The third kappa shape index (κ3) is 3.47. The molecule has 0 aromatic heterocycles. The predicted octanol–water partition coefficient (Wildman–Crippen LogP) is 3.95. The lowest BCUT2D eigenvalue weighted by Crippen LogP contribution is -2.44. The lowest BCUT2D eigenvalue weighted by molar-refractivity contribution is -0.0639. The van der Waals surface area contributed by atoms with Crippen LogP contribution >= 0.6 is 11.6 Å². The molecule has 2 atom stereocenters. The molecule has 0 radical (unpaired) electrons. The van der Waals surface area contributed by atoms with E-state index in [0.717, 1.165) is 24.5 Å². The van der Waals surface area contributed by atoms with Crippen LogP contribution in [0.15, 0.2) is 24.3 Å². The Morgan fingerprint density at radius 3 is 2.78 bits per heavy atom. The first kappa shape index (κ1) is 13.9. The van der Waals surface area contributed by atoms with Crippen molar-refractivity contribution < 1.29 is 4.74 Å². The van der Waals surface area contributed by atoms with Gasteiger partial charge in [-0.1, -0.05) is 29.8 Å². The zero-order valence-corrected chi connectivity index (χ0v) is 12.1. The van der Waals surface area contributed by atoms with Gasteiger partial charge in [0.2, 0.25) is 0 Å². The van der Waals surface area contributed by atoms with Crippen LogP contribution in [-0.4, -0.2) is 18.2 Å². The van der Waals surface area contributed by atoms with Crippen LogP contribution in [0.5, 0.6) is 0 Å². The maximum Gasteiger partial charge on any atom is 0.0641 e. The standard InChI is InChI=1S/C15H22ClNO/c1-11(13-6-4-5-7-14(13)16)17-12-8-9-18-15(2,3)10-12/h4-7,11-12,17H,8-10H2,1-3H3/t11-,12?/m0/s1. The van der Waals surface area contributed by atoms with Crippen molar-refractivity contribution in [2.75, 3.05) is 6.61 Å². The van der Waals surface area contributed by atoms with Gasteiger partial charge in [0.05, 0.1) is 5.60 Å². The molecular weight excluding hydrogens is 246 g/mol. The average Bonchev–Trinajstić information content (AvgIpc) is 2.28. The highest BCUT2D eigenvalue weighted by Crippen LogP contribution is 2.27. The second-order valence-electron chi connectivity index (χ2n) is 5.71. The summed E-state index contributed by atoms with van der Waals surface area (Å²) in [6.45, 7) is 7.31. The van der Waals surface area contributed by atoms with Crippen molar-refractivity contribution in [3.63, 3.8) is 0 Å². The molecule has 2 rings (SSSR count). The zero-order chi connectivity index (χ0) is 13.2. The molecule has 0 spiro atoms. The first-order valence-corrected chi connectivity index (χ1v) is 7.00. The SMILES string of the molecule is C[C@H](NC1CCOC(C)(C)C1)c1ccccc1Cl. The summed E-state index contributed by atoms with van der Waals surface area (Å²) in [6, 6.07) is 8.81. The van der Waals surface area contributed by atoms with Gasteiger partial charge in [-0.3, -0.25) is 0 Å². The van der Waals surface area contributed by atoms with E-state index in [2.05, 4.69) is 32.2 Å². The molecule has 2 nitrogen and oxygen atoms in total. The number of benzene rings is 1. The summed E-state index contributed by atoms with van der Waals surface area (Å²) < 4.78 is 5.74. The molecule has 1 saturated heterocycles. The van der Waals surface area contributed by atoms with Gasteiger partial charge in [-0.2, -0.15) is 0 Å². The minimum Gasteiger partial charge on any atom is -0.375 e. The molecule has 1 aromatic carbocycles. The maximum absolute atomic E-state index is 6.23. The summed E-state index contributed by atoms with van der Waals surface area (Å²) in [5.41, 5.74) is 1.15. The van der Waals surface area contributed by atoms with Crippen molar-refractivity contribution in [2.45, 2.75) is 51.3 Å². The van der Waals surface area contributed by atoms with E-state index in [1.165, 1.54) is 5.56 Å². The lowest BCUT2D eigenvalue weighted by atomic mass is 9.93. The summed E-state index contributed by atoms with van der Waals surface area (Å²) in [5, 5.41) is 4.50. The summed E-state index contributed by atoms with van der Waals surface area (Å²) in [6.07, 6.45) is 2.11. The number of nitrogens with one attached hydrogen (secondary N) is 1. The van der Waals surface area contributed by atoms with Gasteiger partial charge in [-0.25, -0.2) is 0 Å². The fourth-order valence-corrected chi connectivity index (χ4v) is 2.94. The third-order valence-electron chi connectivity index (χ3n) is 3.55. The first-order chi connectivity index (χ1) is 8.48. The fraction of sp³-hybridized carbons (Fsp3) is 0.600. The van der Waals surface area contributed by atoms with E-state index in [-0.39, 0.29) is 11.6 Å². The van der Waals surface area contributed by atoms with Crippen molar-refractivity contribution in [1.82, 2.24) is 5.32 Å². The van der Waals surface area contributed by atoms with Crippen molar-refractivity contribution >= 4 is 11.6 Å². The Labute approximate surface area is 115 Å². The topological polar surface area (TPSA) is 21.3 Å². The van der Waals surface area contributed by atoms with Gasteiger partial charge in [0.1, 0.15) is 0 Å². The van der Waals surface area contributed by atoms with E-state index >= 15 is 0 Å². The van der Waals surface area contributed by atoms with Gasteiger partial charge in [0.25, 0.3) is 0 Å². The molecule has 1 heterocycles. The number of rotatable bonds is 3. The Balaban J connectivity index is 1.99. The molecular formula is C15H22ClNO. The van der Waals surface area contributed by atoms with E-state index < -0.39 is 0 Å². The van der Waals surface area contributed by atoms with Crippen LogP contribution in [0.2, 0.25) is 5.02 Å². The molecule has 0 saturated carbocycles. The van der Waals surface area contributed by atoms with E-state index in [0.29, 0.717) is 6.04 Å². The molecule has 3 heteroatoms. The number of halogens is 1. The molecule has 1 aliphatic rings. The molecule has 100 valence electrons. The molecule has 1 unspecified atom stereocenters. The van der Waals surface area contributed by atoms with Crippen molar-refractivity contribution in [2.24, 2.45) is 0 Å². The second kappa shape index (κ2) is 5.60. The number of hydrogen-bond donors (Lipinski definition) is 1. The lowest BCUT2D eigenvalue weighted by Gasteiger charge is -2.37. The highest BCUT2D eigenvalue weighted by atomic mass is 35.5. The van der Waals surface area contributed by atoms with Crippen LogP contribution in [0, 0.1) is 0 Å². The Morgan fingerprint density at radius 1 is 1.39 bits per heavy atom. The minimum absolute atomic E-state index is 0.0177. The third-order valence-corrected chi connectivity index (χ3v) is 3.90. The normalized spacial score (nSPS) is 24.8. The van der Waals surface area contributed by atoms with Gasteiger partial charge in [0.15, 0.2) is 0 Å². The van der Waals surface area contributed by atoms with E-state index in [9.17, 15) is 0 Å². The smallest absolute Gasteiger partial charge is 0.0641 e. The van der Waals surface area contributed by atoms with Crippen LogP contribution in [-0.2, 0) is 4.74 Å². The minimum atomic E-state index is -0.0177. The van der Waals surface area contributed by atoms with Crippen LogP contribution in [0.25, 0.3) is 0 Å². The van der Waals surface area contributed by atoms with Crippen LogP contribution < -0.4 is 5.32 Å². The van der Waals surface area contributed by atoms with E-state index in [4.69, 9.17) is 16.3 Å². The molecule has 1 N–H and O–H groups in total. The van der Waals surface area contributed by atoms with Gasteiger partial charge in [-0.15, -0.1) is 0 Å². The van der Waals surface area contributed by atoms with Crippen LogP contribution in [0.3, 0.4) is 0 Å². The highest BCUT2D eigenvalue weighted by molar-refractivity contribution is 6.31. The number of hydrogen-bond acceptors (Lipinski definition) is 2. The van der Waals surface area contributed by atoms with Gasteiger partial charge in [-0.05, 0) is 45.2 Å². The van der Waals surface area contributed by atoms with Crippen molar-refractivity contribution in [1.29, 1.82) is 0 Å². The first-order valence-electron chi connectivity index (χ1n) is 6.62. The maximum atomic E-state index is 6.23. The molecule has 0 bridgehead atoms. The summed E-state index contributed by atoms with van der Waals surface area (Å²) in [7, 11) is 0. The average molecular weight is 268 g/mol. The Hall–Kier alpha value is -0.570. The summed E-state index contributed by atoms with van der Waals surface area (Å²) in [5.74, 6) is 0. The largest absolute Gasteiger partial charge is 0.375 e. The predicted molar refractivity (Wildman–Crippen MR) is 76.1 cm³/mol. The molecule has 0 amide bonds. The van der Waals surface area contributed by atoms with Crippen LogP contribution in [0.1, 0.15) is 45.2 Å². The second-order valence-corrected chi connectivity index (χ2v) is 6.11. The summed E-state index contributed by atoms with van der Waals surface area (Å²) in [4.78, 5) is 0. The molecule has 18 heavy (non-hydrogen) atoms. The van der Waals surface area contributed by atoms with Gasteiger partial charge < -0.3 is 10.1 Å². The van der Waals surface area contributed by atoms with Crippen molar-refractivity contribution in [3.8, 4) is 0 Å². The van der Waals surface area contributed by atoms with Gasteiger partial charge in [0, 0.05) is 23.7 Å². The molecule has 1 fully saturated rings. The fourth-order valence-electron chi connectivity index (χ4n) is 2.64. The number of ether oxygens (including phenoxy) is 1. The molecule has 0 aliphatic carbocycles. The van der Waals surface area contributed by atoms with Crippen LogP contribution in [0.4, 0.5) is 0 Å². The molecule has 1 aliphatic heterocycles. The Bertz CT molecular complexity index is 405. The highest BCUT2D eigenvalue weighted by Gasteiger charge is 2.29. The Kier molecular flexibility index (Phi) is 4.31. The van der Waals surface area contributed by atoms with Gasteiger partial charge >= 0.3 is 0 Å². The van der Waals surface area contributed by atoms with E-state index in [1.54, 1.807) is 0 Å². The molecule has 1 aromatic rings. The quantitative estimate of drug-likeness (QED) is 0.895. The van der Waals surface area contributed by atoms with E-state index in [1.807, 2.05) is 18.2 Å². The summed E-state index contributed by atoms with van der Waals surface area (Å²) >= 11 is 6.23.